The molecule has 4 N–H and O–H groups in total. The van der Waals surface area contributed by atoms with Gasteiger partial charge in [0.1, 0.15) is 36.1 Å². The second kappa shape index (κ2) is 6.24. The molecule has 20 heavy (non-hydrogen) atoms. The first-order chi connectivity index (χ1) is 9.55. The molecular formula is C13H17NO5S. The van der Waals surface area contributed by atoms with Crippen LogP contribution in [0.25, 0.3) is 0 Å². The number of aliphatic hydroxyl groups excluding tert-OH is 4. The fourth-order valence-corrected chi connectivity index (χ4v) is 2.75. The van der Waals surface area contributed by atoms with E-state index in [4.69, 9.17) is 4.74 Å². The van der Waals surface area contributed by atoms with Crippen LogP contribution < -0.4 is 0 Å². The lowest BCUT2D eigenvalue weighted by atomic mass is 9.79. The smallest absolute Gasteiger partial charge is 0.121 e. The van der Waals surface area contributed by atoms with Crippen molar-refractivity contribution in [2.24, 2.45) is 4.99 Å². The highest BCUT2D eigenvalue weighted by molar-refractivity contribution is 7.78. The standard InChI is InChI=1S/C13H17NO5S/c15-6-8-9(16)10(17)11(18)12(19-8)13(14-7-20)4-2-1-3-5-13/h1-4,8-12,15-18H,5-6H2/t8-,9+,10+,11-,12?,13?/m1/s1. The molecule has 1 saturated heterocycles. The zero-order valence-corrected chi connectivity index (χ0v) is 11.5. The van der Waals surface area contributed by atoms with Crippen LogP contribution in [0, 0.1) is 0 Å². The Morgan fingerprint density at radius 3 is 2.55 bits per heavy atom. The highest BCUT2D eigenvalue weighted by Gasteiger charge is 2.51. The molecule has 6 atom stereocenters. The quantitative estimate of drug-likeness (QED) is 0.401. The zero-order chi connectivity index (χ0) is 14.8. The second-order valence-corrected chi connectivity index (χ2v) is 5.12. The molecule has 1 heterocycles. The van der Waals surface area contributed by atoms with E-state index in [0.29, 0.717) is 6.42 Å². The lowest BCUT2D eigenvalue weighted by molar-refractivity contribution is -0.239. The molecule has 1 aliphatic heterocycles. The maximum Gasteiger partial charge on any atom is 0.121 e. The number of isothiocyanates is 1. The molecule has 0 bridgehead atoms. The van der Waals surface area contributed by atoms with E-state index >= 15 is 0 Å². The van der Waals surface area contributed by atoms with Crippen molar-refractivity contribution in [1.29, 1.82) is 0 Å². The Kier molecular flexibility index (Phi) is 4.82. The van der Waals surface area contributed by atoms with Crippen LogP contribution in [0.2, 0.25) is 0 Å². The molecule has 2 unspecified atom stereocenters. The second-order valence-electron chi connectivity index (χ2n) is 4.94. The SMILES string of the molecule is OC[C@H]1OC(C2(N=C=S)C=CC=CC2)[C@H](O)[C@@H](O)[C@H]1O. The minimum Gasteiger partial charge on any atom is -0.394 e. The van der Waals surface area contributed by atoms with Gasteiger partial charge in [-0.15, -0.1) is 0 Å². The number of thiocarbonyl (C=S) groups is 1. The first-order valence-corrected chi connectivity index (χ1v) is 6.70. The summed E-state index contributed by atoms with van der Waals surface area (Å²) in [5, 5.41) is 41.3. The molecular weight excluding hydrogens is 282 g/mol. The number of rotatable bonds is 3. The zero-order valence-electron chi connectivity index (χ0n) is 10.7. The van der Waals surface area contributed by atoms with E-state index < -0.39 is 42.7 Å². The van der Waals surface area contributed by atoms with Crippen LogP contribution in [0.3, 0.4) is 0 Å². The van der Waals surface area contributed by atoms with Crippen LogP contribution in [0.15, 0.2) is 29.3 Å². The molecule has 0 aromatic rings. The fourth-order valence-electron chi connectivity index (χ4n) is 2.58. The summed E-state index contributed by atoms with van der Waals surface area (Å²) in [5.41, 5.74) is -0.996. The first kappa shape index (κ1) is 15.5. The number of ether oxygens (including phenoxy) is 1. The summed E-state index contributed by atoms with van der Waals surface area (Å²) in [6.45, 7) is -0.474. The minimum absolute atomic E-state index is 0.413. The van der Waals surface area contributed by atoms with Crippen molar-refractivity contribution >= 4 is 17.4 Å². The van der Waals surface area contributed by atoms with E-state index in [2.05, 4.69) is 22.4 Å². The number of allylic oxidation sites excluding steroid dienone is 2. The highest BCUT2D eigenvalue weighted by Crippen LogP contribution is 2.35. The number of aliphatic hydroxyl groups is 4. The Balaban J connectivity index is 2.35. The van der Waals surface area contributed by atoms with E-state index in [0.717, 1.165) is 0 Å². The molecule has 0 radical (unpaired) electrons. The van der Waals surface area contributed by atoms with Crippen molar-refractivity contribution in [3.63, 3.8) is 0 Å². The lowest BCUT2D eigenvalue weighted by Gasteiger charge is -2.46. The maximum absolute atomic E-state index is 10.2. The summed E-state index contributed by atoms with van der Waals surface area (Å²) in [6.07, 6.45) is 1.44. The summed E-state index contributed by atoms with van der Waals surface area (Å²) < 4.78 is 5.55. The molecule has 1 fully saturated rings. The molecule has 7 heteroatoms. The van der Waals surface area contributed by atoms with Gasteiger partial charge in [-0.2, -0.15) is 0 Å². The van der Waals surface area contributed by atoms with Gasteiger partial charge in [0.05, 0.1) is 11.8 Å². The van der Waals surface area contributed by atoms with Crippen molar-refractivity contribution in [3.05, 3.63) is 24.3 Å². The van der Waals surface area contributed by atoms with Crippen molar-refractivity contribution in [2.45, 2.75) is 42.5 Å². The average Bonchev–Trinajstić information content (AvgIpc) is 2.46. The summed E-state index contributed by atoms with van der Waals surface area (Å²) in [7, 11) is 0. The largest absolute Gasteiger partial charge is 0.394 e. The molecule has 0 aromatic heterocycles. The topological polar surface area (TPSA) is 103 Å². The van der Waals surface area contributed by atoms with E-state index in [1.54, 1.807) is 12.2 Å². The van der Waals surface area contributed by atoms with Gasteiger partial charge in [0, 0.05) is 0 Å². The van der Waals surface area contributed by atoms with E-state index in [9.17, 15) is 20.4 Å². The summed E-state index contributed by atoms with van der Waals surface area (Å²) in [5.74, 6) is 0. The molecule has 110 valence electrons. The normalized spacial score (nSPS) is 44.1. The fraction of sp³-hybridized carbons (Fsp3) is 0.615. The third-order valence-electron chi connectivity index (χ3n) is 3.72. The Morgan fingerprint density at radius 1 is 1.25 bits per heavy atom. The number of nitrogens with zero attached hydrogens (tertiary/aromatic N) is 1. The Labute approximate surface area is 121 Å². The van der Waals surface area contributed by atoms with Crippen LogP contribution in [0.4, 0.5) is 0 Å². The van der Waals surface area contributed by atoms with Gasteiger partial charge in [0.2, 0.25) is 0 Å². The molecule has 0 amide bonds. The van der Waals surface area contributed by atoms with Gasteiger partial charge in [-0.05, 0) is 18.6 Å². The number of hydrogen-bond donors (Lipinski definition) is 4. The van der Waals surface area contributed by atoms with Crippen molar-refractivity contribution < 1.29 is 25.2 Å². The van der Waals surface area contributed by atoms with Gasteiger partial charge in [-0.3, -0.25) is 0 Å². The van der Waals surface area contributed by atoms with Gasteiger partial charge in [0.15, 0.2) is 0 Å². The minimum atomic E-state index is -1.43. The van der Waals surface area contributed by atoms with Crippen LogP contribution in [-0.4, -0.2) is 68.3 Å². The van der Waals surface area contributed by atoms with Crippen molar-refractivity contribution in [3.8, 4) is 0 Å². The van der Waals surface area contributed by atoms with Gasteiger partial charge in [-0.25, -0.2) is 4.99 Å². The van der Waals surface area contributed by atoms with Crippen LogP contribution in [0.5, 0.6) is 0 Å². The third-order valence-corrected chi connectivity index (χ3v) is 3.81. The Hall–Kier alpha value is -0.920. The van der Waals surface area contributed by atoms with Gasteiger partial charge in [-0.1, -0.05) is 24.3 Å². The molecule has 2 aliphatic rings. The lowest BCUT2D eigenvalue weighted by Crippen LogP contribution is -2.64. The molecule has 0 spiro atoms. The van der Waals surface area contributed by atoms with E-state index in [1.807, 2.05) is 12.2 Å². The highest BCUT2D eigenvalue weighted by atomic mass is 32.1. The summed E-state index contributed by atoms with van der Waals surface area (Å²) in [6, 6.07) is 0. The van der Waals surface area contributed by atoms with Gasteiger partial charge in [0.25, 0.3) is 0 Å². The summed E-state index contributed by atoms with van der Waals surface area (Å²) >= 11 is 4.65. The summed E-state index contributed by atoms with van der Waals surface area (Å²) in [4.78, 5) is 4.08. The van der Waals surface area contributed by atoms with Gasteiger partial charge >= 0.3 is 0 Å². The van der Waals surface area contributed by atoms with E-state index in [1.165, 1.54) is 0 Å². The Morgan fingerprint density at radius 2 is 2.00 bits per heavy atom. The van der Waals surface area contributed by atoms with Crippen LogP contribution in [-0.2, 0) is 4.74 Å². The monoisotopic (exact) mass is 299 g/mol. The predicted molar refractivity (Wildman–Crippen MR) is 74.4 cm³/mol. The van der Waals surface area contributed by atoms with Gasteiger partial charge < -0.3 is 25.2 Å². The third kappa shape index (κ3) is 2.62. The van der Waals surface area contributed by atoms with Crippen LogP contribution >= 0.6 is 12.2 Å². The average molecular weight is 299 g/mol. The molecule has 2 rings (SSSR count). The van der Waals surface area contributed by atoms with Crippen molar-refractivity contribution in [2.75, 3.05) is 6.61 Å². The Bertz CT molecular complexity index is 460. The predicted octanol–water partition coefficient (Wildman–Crippen LogP) is -0.814. The number of hydrogen-bond acceptors (Lipinski definition) is 7. The molecule has 0 saturated carbocycles. The van der Waals surface area contributed by atoms with E-state index in [-0.39, 0.29) is 0 Å². The van der Waals surface area contributed by atoms with Crippen LogP contribution in [0.1, 0.15) is 6.42 Å². The molecule has 6 nitrogen and oxygen atoms in total. The molecule has 0 aromatic carbocycles. The first-order valence-electron chi connectivity index (χ1n) is 6.29. The number of aliphatic imine (C=N–C) groups is 1. The maximum atomic E-state index is 10.2. The van der Waals surface area contributed by atoms with Crippen molar-refractivity contribution in [1.82, 2.24) is 0 Å². The molecule has 1 aliphatic carbocycles.